The van der Waals surface area contributed by atoms with E-state index in [1.54, 1.807) is 0 Å². The van der Waals surface area contributed by atoms with Gasteiger partial charge in [0.2, 0.25) is 0 Å². The van der Waals surface area contributed by atoms with Crippen LogP contribution >= 0.6 is 0 Å². The summed E-state index contributed by atoms with van der Waals surface area (Å²) in [5.41, 5.74) is 3.98. The van der Waals surface area contributed by atoms with E-state index in [0.29, 0.717) is 6.04 Å². The molecule has 0 bridgehead atoms. The Bertz CT molecular complexity index is 391. The summed E-state index contributed by atoms with van der Waals surface area (Å²) < 4.78 is 2.01. The molecule has 0 aromatic carbocycles. The Kier molecular flexibility index (Phi) is 4.44. The molecule has 1 N–H and O–H groups in total. The predicted octanol–water partition coefficient (Wildman–Crippen LogP) is 2.75. The van der Waals surface area contributed by atoms with Gasteiger partial charge < -0.3 is 5.32 Å². The molecule has 0 aliphatic heterocycles. The van der Waals surface area contributed by atoms with Crippen LogP contribution in [0.15, 0.2) is 0 Å². The van der Waals surface area contributed by atoms with Crippen molar-refractivity contribution in [2.75, 3.05) is 6.54 Å². The summed E-state index contributed by atoms with van der Waals surface area (Å²) in [6, 6.07) is 0.638. The highest BCUT2D eigenvalue weighted by Crippen LogP contribution is 2.34. The number of nitrogens with one attached hydrogen (secondary N) is 1. The van der Waals surface area contributed by atoms with E-state index in [9.17, 15) is 0 Å². The maximum Gasteiger partial charge on any atom is 0.0628 e. The molecule has 3 nitrogen and oxygen atoms in total. The molecule has 0 amide bonds. The highest BCUT2D eigenvalue weighted by atomic mass is 15.3. The molecule has 102 valence electrons. The fraction of sp³-hybridized carbons (Fsp3) is 0.800. The van der Waals surface area contributed by atoms with Crippen molar-refractivity contribution in [2.24, 2.45) is 13.0 Å². The standard InChI is InChI=1S/C15H27N3/c1-5-8-16-14(9-13-6-7-13)10-15-11(2)17-18(4)12(15)3/h13-14,16H,5-10H2,1-4H3. The van der Waals surface area contributed by atoms with Gasteiger partial charge in [0.15, 0.2) is 0 Å². The summed E-state index contributed by atoms with van der Waals surface area (Å²) in [7, 11) is 2.04. The molecule has 3 heteroatoms. The van der Waals surface area contributed by atoms with Gasteiger partial charge in [0, 0.05) is 18.8 Å². The average molecular weight is 249 g/mol. The largest absolute Gasteiger partial charge is 0.314 e. The average Bonchev–Trinajstić information content (AvgIpc) is 3.11. The molecule has 1 aliphatic carbocycles. The first-order valence-electron chi connectivity index (χ1n) is 7.34. The first-order chi connectivity index (χ1) is 8.61. The Morgan fingerprint density at radius 1 is 1.39 bits per heavy atom. The molecule has 1 atom stereocenters. The molecule has 1 aromatic heterocycles. The second kappa shape index (κ2) is 5.87. The minimum absolute atomic E-state index is 0.638. The highest BCUT2D eigenvalue weighted by Gasteiger charge is 2.26. The zero-order valence-electron chi connectivity index (χ0n) is 12.3. The third-order valence-corrected chi connectivity index (χ3v) is 4.11. The Labute approximate surface area is 111 Å². The fourth-order valence-electron chi connectivity index (χ4n) is 2.70. The number of nitrogens with zero attached hydrogens (tertiary/aromatic N) is 2. The highest BCUT2D eigenvalue weighted by molar-refractivity contribution is 5.25. The Morgan fingerprint density at radius 2 is 2.11 bits per heavy atom. The Balaban J connectivity index is 2.01. The van der Waals surface area contributed by atoms with Gasteiger partial charge in [-0.2, -0.15) is 5.10 Å². The number of rotatable bonds is 7. The van der Waals surface area contributed by atoms with Gasteiger partial charge in [-0.3, -0.25) is 4.68 Å². The molecular weight excluding hydrogens is 222 g/mol. The molecule has 1 fully saturated rings. The van der Waals surface area contributed by atoms with E-state index in [1.807, 2.05) is 11.7 Å². The molecular formula is C15H27N3. The van der Waals surface area contributed by atoms with Gasteiger partial charge in [-0.25, -0.2) is 0 Å². The zero-order valence-corrected chi connectivity index (χ0v) is 12.3. The van der Waals surface area contributed by atoms with Crippen LogP contribution in [0, 0.1) is 19.8 Å². The van der Waals surface area contributed by atoms with Gasteiger partial charge in [0.1, 0.15) is 0 Å². The van der Waals surface area contributed by atoms with E-state index in [0.717, 1.165) is 18.9 Å². The van der Waals surface area contributed by atoms with Crippen molar-refractivity contribution in [3.63, 3.8) is 0 Å². The van der Waals surface area contributed by atoms with E-state index in [2.05, 4.69) is 31.2 Å². The third kappa shape index (κ3) is 3.35. The molecule has 18 heavy (non-hydrogen) atoms. The molecule has 2 rings (SSSR count). The summed E-state index contributed by atoms with van der Waals surface area (Å²) >= 11 is 0. The quantitative estimate of drug-likeness (QED) is 0.805. The van der Waals surface area contributed by atoms with Crippen molar-refractivity contribution >= 4 is 0 Å². The van der Waals surface area contributed by atoms with Crippen LogP contribution < -0.4 is 5.32 Å². The van der Waals surface area contributed by atoms with Crippen molar-refractivity contribution in [1.82, 2.24) is 15.1 Å². The number of aromatic nitrogens is 2. The maximum absolute atomic E-state index is 4.53. The first kappa shape index (κ1) is 13.6. The van der Waals surface area contributed by atoms with Crippen LogP contribution in [0.1, 0.15) is 49.6 Å². The summed E-state index contributed by atoms with van der Waals surface area (Å²) in [6.45, 7) is 7.69. The van der Waals surface area contributed by atoms with E-state index in [4.69, 9.17) is 0 Å². The van der Waals surface area contributed by atoms with E-state index >= 15 is 0 Å². The predicted molar refractivity (Wildman–Crippen MR) is 75.8 cm³/mol. The molecule has 1 aliphatic rings. The lowest BCUT2D eigenvalue weighted by atomic mass is 9.99. The van der Waals surface area contributed by atoms with Crippen LogP contribution in [0.4, 0.5) is 0 Å². The number of hydrogen-bond acceptors (Lipinski definition) is 2. The normalized spacial score (nSPS) is 17.1. The lowest BCUT2D eigenvalue weighted by Gasteiger charge is -2.18. The molecule has 1 aromatic rings. The van der Waals surface area contributed by atoms with Crippen LogP contribution in [0.2, 0.25) is 0 Å². The molecule has 0 spiro atoms. The molecule has 1 unspecified atom stereocenters. The zero-order chi connectivity index (χ0) is 13.1. The third-order valence-electron chi connectivity index (χ3n) is 4.11. The van der Waals surface area contributed by atoms with Crippen LogP contribution in [0.25, 0.3) is 0 Å². The van der Waals surface area contributed by atoms with Crippen LogP contribution in [-0.2, 0) is 13.5 Å². The van der Waals surface area contributed by atoms with E-state index in [1.165, 1.54) is 42.6 Å². The number of aryl methyl sites for hydroxylation is 2. The van der Waals surface area contributed by atoms with Crippen molar-refractivity contribution in [1.29, 1.82) is 0 Å². The van der Waals surface area contributed by atoms with Gasteiger partial charge >= 0.3 is 0 Å². The second-order valence-corrected chi connectivity index (χ2v) is 5.81. The van der Waals surface area contributed by atoms with Crippen LogP contribution in [0.3, 0.4) is 0 Å². The summed E-state index contributed by atoms with van der Waals surface area (Å²) in [5, 5.41) is 8.24. The van der Waals surface area contributed by atoms with E-state index in [-0.39, 0.29) is 0 Å². The van der Waals surface area contributed by atoms with Crippen molar-refractivity contribution < 1.29 is 0 Å². The monoisotopic (exact) mass is 249 g/mol. The summed E-state index contributed by atoms with van der Waals surface area (Å²) in [4.78, 5) is 0. The lowest BCUT2D eigenvalue weighted by Crippen LogP contribution is -2.32. The molecule has 0 saturated heterocycles. The number of hydrogen-bond donors (Lipinski definition) is 1. The Morgan fingerprint density at radius 3 is 2.61 bits per heavy atom. The van der Waals surface area contributed by atoms with Gasteiger partial charge in [-0.1, -0.05) is 19.8 Å². The van der Waals surface area contributed by atoms with Crippen molar-refractivity contribution in [3.8, 4) is 0 Å². The molecule has 0 radical (unpaired) electrons. The van der Waals surface area contributed by atoms with E-state index < -0.39 is 0 Å². The second-order valence-electron chi connectivity index (χ2n) is 5.81. The van der Waals surface area contributed by atoms with Gasteiger partial charge in [0.05, 0.1) is 5.69 Å². The SMILES string of the molecule is CCCNC(Cc1c(C)nn(C)c1C)CC1CC1. The first-order valence-corrected chi connectivity index (χ1v) is 7.34. The summed E-state index contributed by atoms with van der Waals surface area (Å²) in [5.74, 6) is 0.983. The molecule has 1 saturated carbocycles. The minimum atomic E-state index is 0.638. The fourth-order valence-corrected chi connectivity index (χ4v) is 2.70. The van der Waals surface area contributed by atoms with Gasteiger partial charge in [-0.15, -0.1) is 0 Å². The topological polar surface area (TPSA) is 29.9 Å². The van der Waals surface area contributed by atoms with Gasteiger partial charge in [0.25, 0.3) is 0 Å². The Hall–Kier alpha value is -0.830. The molecule has 1 heterocycles. The smallest absolute Gasteiger partial charge is 0.0628 e. The summed E-state index contributed by atoms with van der Waals surface area (Å²) in [6.07, 6.45) is 6.58. The van der Waals surface area contributed by atoms with Gasteiger partial charge in [-0.05, 0) is 51.1 Å². The lowest BCUT2D eigenvalue weighted by molar-refractivity contribution is 0.453. The van der Waals surface area contributed by atoms with Crippen molar-refractivity contribution in [2.45, 2.75) is 58.9 Å². The maximum atomic E-state index is 4.53. The van der Waals surface area contributed by atoms with Crippen molar-refractivity contribution in [3.05, 3.63) is 17.0 Å². The van der Waals surface area contributed by atoms with Crippen LogP contribution in [-0.4, -0.2) is 22.4 Å². The van der Waals surface area contributed by atoms with Crippen LogP contribution in [0.5, 0.6) is 0 Å². The minimum Gasteiger partial charge on any atom is -0.314 e.